The van der Waals surface area contributed by atoms with E-state index < -0.39 is 29.1 Å². The standard InChI is InChI=1S/C42H72N2O5/c1-18-21-42(29-24-38(8,9)43(16)39(10,11)25-29,30-26-40(12,13)44(17)41(14,15)27-30)49-35(47)31(34(46)48-37(5,6)7)22-28-19-20-33(45)32(23-28)36(2,3)4/h19-20,23,29-31,45H,18,21-22,24-27H2,1-17H3. The lowest BCUT2D eigenvalue weighted by Crippen LogP contribution is -2.67. The van der Waals surface area contributed by atoms with E-state index in [0.29, 0.717) is 0 Å². The number of nitrogens with zero attached hydrogens (tertiary/aromatic N) is 2. The fourth-order valence-corrected chi connectivity index (χ4v) is 9.22. The molecule has 49 heavy (non-hydrogen) atoms. The van der Waals surface area contributed by atoms with E-state index >= 15 is 0 Å². The van der Waals surface area contributed by atoms with Gasteiger partial charge >= 0.3 is 11.9 Å². The van der Waals surface area contributed by atoms with Gasteiger partial charge in [-0.25, -0.2) is 0 Å². The minimum Gasteiger partial charge on any atom is -0.508 e. The molecule has 1 unspecified atom stereocenters. The first-order chi connectivity index (χ1) is 22.0. The van der Waals surface area contributed by atoms with Gasteiger partial charge in [-0.15, -0.1) is 0 Å². The van der Waals surface area contributed by atoms with Crippen molar-refractivity contribution in [2.75, 3.05) is 14.1 Å². The first-order valence-corrected chi connectivity index (χ1v) is 18.7. The third-order valence-electron chi connectivity index (χ3n) is 12.2. The number of phenols is 1. The quantitative estimate of drug-likeness (QED) is 0.205. The summed E-state index contributed by atoms with van der Waals surface area (Å²) in [5.74, 6) is -1.82. The number of phenolic OH excluding ortho intramolecular Hbond substituents is 1. The number of hydrogen-bond acceptors (Lipinski definition) is 7. The SMILES string of the molecule is CCCC(OC(=O)C(Cc1ccc(O)c(C(C)(C)C)c1)C(=O)OC(C)(C)C)(C1CC(C)(C)N(C)C(C)(C)C1)C1CC(C)(C)N(C)C(C)(C)C1. The van der Waals surface area contributed by atoms with Crippen LogP contribution in [-0.2, 0) is 30.9 Å². The molecule has 0 saturated carbocycles. The molecule has 1 atom stereocenters. The minimum absolute atomic E-state index is 0.0954. The van der Waals surface area contributed by atoms with Gasteiger partial charge in [0.05, 0.1) is 0 Å². The number of likely N-dealkylation sites (tertiary alicyclic amines) is 2. The van der Waals surface area contributed by atoms with Crippen molar-refractivity contribution in [2.45, 2.75) is 188 Å². The Morgan fingerprint density at radius 2 is 1.18 bits per heavy atom. The molecule has 0 aromatic heterocycles. The van der Waals surface area contributed by atoms with Gasteiger partial charge in [0.25, 0.3) is 0 Å². The van der Waals surface area contributed by atoms with E-state index in [4.69, 9.17) is 9.47 Å². The summed E-state index contributed by atoms with van der Waals surface area (Å²) >= 11 is 0. The molecule has 1 aromatic rings. The summed E-state index contributed by atoms with van der Waals surface area (Å²) in [5.41, 5.74) is -0.771. The maximum Gasteiger partial charge on any atom is 0.321 e. The largest absolute Gasteiger partial charge is 0.508 e. The number of piperidine rings is 2. The van der Waals surface area contributed by atoms with Crippen LogP contribution in [0.2, 0.25) is 0 Å². The lowest BCUT2D eigenvalue weighted by molar-refractivity contribution is -0.211. The minimum atomic E-state index is -1.15. The second-order valence-electron chi connectivity index (χ2n) is 20.1. The Balaban J connectivity index is 2.23. The molecule has 1 N–H and O–H groups in total. The molecule has 0 spiro atoms. The molecule has 2 aliphatic heterocycles. The summed E-state index contributed by atoms with van der Waals surface area (Å²) in [6.07, 6.45) is 5.27. The zero-order valence-corrected chi connectivity index (χ0v) is 34.4. The van der Waals surface area contributed by atoms with Crippen LogP contribution in [0, 0.1) is 17.8 Å². The van der Waals surface area contributed by atoms with Gasteiger partial charge in [-0.05, 0) is 151 Å². The highest BCUT2D eigenvalue weighted by molar-refractivity contribution is 5.95. The monoisotopic (exact) mass is 685 g/mol. The number of ether oxygens (including phenoxy) is 2. The number of aromatic hydroxyl groups is 1. The number of hydrogen-bond donors (Lipinski definition) is 1. The maximum atomic E-state index is 15.0. The van der Waals surface area contributed by atoms with E-state index in [9.17, 15) is 14.7 Å². The van der Waals surface area contributed by atoms with Crippen LogP contribution in [0.1, 0.15) is 154 Å². The normalized spacial score (nSPS) is 22.8. The molecular weight excluding hydrogens is 612 g/mol. The average molecular weight is 685 g/mol. The summed E-state index contributed by atoms with van der Waals surface area (Å²) in [7, 11) is 4.43. The highest BCUT2D eigenvalue weighted by Crippen LogP contribution is 2.55. The molecule has 7 heteroatoms. The summed E-state index contributed by atoms with van der Waals surface area (Å²) in [6.45, 7) is 32.3. The second kappa shape index (κ2) is 13.8. The zero-order chi connectivity index (χ0) is 37.8. The predicted molar refractivity (Wildman–Crippen MR) is 201 cm³/mol. The predicted octanol–water partition coefficient (Wildman–Crippen LogP) is 9.07. The Bertz CT molecular complexity index is 1270. The van der Waals surface area contributed by atoms with Crippen molar-refractivity contribution in [1.82, 2.24) is 9.80 Å². The van der Waals surface area contributed by atoms with E-state index in [0.717, 1.165) is 49.7 Å². The number of carbonyl (C=O) groups excluding carboxylic acids is 2. The number of rotatable bonds is 9. The molecule has 2 saturated heterocycles. The van der Waals surface area contributed by atoms with Gasteiger partial charge in [-0.3, -0.25) is 19.4 Å². The van der Waals surface area contributed by atoms with Crippen LogP contribution in [0.4, 0.5) is 0 Å². The van der Waals surface area contributed by atoms with Gasteiger partial charge in [0.1, 0.15) is 17.0 Å². The molecule has 1 aromatic carbocycles. The van der Waals surface area contributed by atoms with E-state index in [1.165, 1.54) is 0 Å². The number of benzene rings is 1. The van der Waals surface area contributed by atoms with Gasteiger partial charge in [0, 0.05) is 34.0 Å². The maximum absolute atomic E-state index is 15.0. The molecule has 2 aliphatic rings. The Labute approximate surface area is 299 Å². The number of esters is 2. The van der Waals surface area contributed by atoms with Crippen molar-refractivity contribution >= 4 is 11.9 Å². The highest BCUT2D eigenvalue weighted by Gasteiger charge is 2.59. The molecule has 2 heterocycles. The molecule has 280 valence electrons. The zero-order valence-electron chi connectivity index (χ0n) is 34.4. The van der Waals surface area contributed by atoms with Crippen molar-refractivity contribution in [1.29, 1.82) is 0 Å². The Morgan fingerprint density at radius 1 is 0.776 bits per heavy atom. The molecule has 0 amide bonds. The third kappa shape index (κ3) is 9.04. The van der Waals surface area contributed by atoms with Crippen molar-refractivity contribution in [3.63, 3.8) is 0 Å². The summed E-state index contributed by atoms with van der Waals surface area (Å²) in [5, 5.41) is 10.7. The lowest BCUT2D eigenvalue weighted by atomic mass is 9.58. The fraction of sp³-hybridized carbons (Fsp3) is 0.810. The topological polar surface area (TPSA) is 79.3 Å². The molecule has 3 rings (SSSR count). The van der Waals surface area contributed by atoms with E-state index in [-0.39, 0.29) is 51.6 Å². The first kappa shape index (κ1) is 41.3. The number of carbonyl (C=O) groups is 2. The fourth-order valence-electron chi connectivity index (χ4n) is 9.22. The summed E-state index contributed by atoms with van der Waals surface area (Å²) in [4.78, 5) is 34.0. The van der Waals surface area contributed by atoms with Gasteiger partial charge in [0.15, 0.2) is 5.92 Å². The van der Waals surface area contributed by atoms with E-state index in [2.05, 4.69) is 86.2 Å². The van der Waals surface area contributed by atoms with Gasteiger partial charge in [-0.1, -0.05) is 46.2 Å². The molecule has 0 radical (unpaired) electrons. The third-order valence-corrected chi connectivity index (χ3v) is 12.2. The van der Waals surface area contributed by atoms with Crippen LogP contribution in [0.25, 0.3) is 0 Å². The molecule has 0 aliphatic carbocycles. The first-order valence-electron chi connectivity index (χ1n) is 18.7. The van der Waals surface area contributed by atoms with Crippen LogP contribution in [0.5, 0.6) is 5.75 Å². The van der Waals surface area contributed by atoms with Crippen LogP contribution >= 0.6 is 0 Å². The van der Waals surface area contributed by atoms with Crippen LogP contribution < -0.4 is 0 Å². The second-order valence-corrected chi connectivity index (χ2v) is 20.1. The van der Waals surface area contributed by atoms with Crippen molar-refractivity contribution in [3.8, 4) is 5.75 Å². The lowest BCUT2D eigenvalue weighted by Gasteiger charge is -2.62. The average Bonchev–Trinajstić information content (AvgIpc) is 2.91. The smallest absolute Gasteiger partial charge is 0.321 e. The van der Waals surface area contributed by atoms with Crippen molar-refractivity contribution in [3.05, 3.63) is 29.3 Å². The van der Waals surface area contributed by atoms with Crippen LogP contribution in [0.3, 0.4) is 0 Å². The molecule has 2 fully saturated rings. The van der Waals surface area contributed by atoms with E-state index in [1.54, 1.807) is 12.1 Å². The van der Waals surface area contributed by atoms with Crippen LogP contribution in [-0.4, -0.2) is 74.3 Å². The van der Waals surface area contributed by atoms with Crippen molar-refractivity contribution < 1.29 is 24.2 Å². The van der Waals surface area contributed by atoms with E-state index in [1.807, 2.05) is 47.6 Å². The van der Waals surface area contributed by atoms with Crippen LogP contribution in [0.15, 0.2) is 18.2 Å². The molecular formula is C42H72N2O5. The summed E-state index contributed by atoms with van der Waals surface area (Å²) in [6, 6.07) is 5.39. The van der Waals surface area contributed by atoms with Gasteiger partial charge < -0.3 is 14.6 Å². The van der Waals surface area contributed by atoms with Gasteiger partial charge in [0.2, 0.25) is 0 Å². The Morgan fingerprint density at radius 3 is 1.55 bits per heavy atom. The van der Waals surface area contributed by atoms with Crippen molar-refractivity contribution in [2.24, 2.45) is 17.8 Å². The van der Waals surface area contributed by atoms with Gasteiger partial charge in [-0.2, -0.15) is 0 Å². The highest BCUT2D eigenvalue weighted by atomic mass is 16.6. The molecule has 0 bridgehead atoms. The Hall–Kier alpha value is -2.12. The Kier molecular flexibility index (Phi) is 11.6. The molecule has 7 nitrogen and oxygen atoms in total. The summed E-state index contributed by atoms with van der Waals surface area (Å²) < 4.78 is 13.1.